The number of likely N-dealkylation sites (N-methyl/N-ethyl adjacent to an activating group) is 1. The lowest BCUT2D eigenvalue weighted by Gasteiger charge is -2.34. The standard InChI is InChI=1S/C18H19N5O2/c1-20-8-10-21(11-9-20)16-6-7-22-17(13-19-18(22)12-16)14-2-4-15(5-3-14)23(24)25/h2-7,12-13H,8-11H2,1H3. The van der Waals surface area contributed by atoms with Gasteiger partial charge in [-0.25, -0.2) is 4.98 Å². The number of pyridine rings is 1. The van der Waals surface area contributed by atoms with Gasteiger partial charge in [0.15, 0.2) is 0 Å². The minimum absolute atomic E-state index is 0.0925. The lowest BCUT2D eigenvalue weighted by Crippen LogP contribution is -2.44. The highest BCUT2D eigenvalue weighted by Crippen LogP contribution is 2.26. The Kier molecular flexibility index (Phi) is 3.85. The number of aromatic nitrogens is 2. The smallest absolute Gasteiger partial charge is 0.269 e. The molecule has 0 N–H and O–H groups in total. The van der Waals surface area contributed by atoms with Crippen LogP contribution >= 0.6 is 0 Å². The number of fused-ring (bicyclic) bond motifs is 1. The van der Waals surface area contributed by atoms with Gasteiger partial charge in [-0.1, -0.05) is 0 Å². The van der Waals surface area contributed by atoms with Gasteiger partial charge in [0.1, 0.15) is 5.65 Å². The van der Waals surface area contributed by atoms with Crippen molar-refractivity contribution in [2.24, 2.45) is 0 Å². The predicted molar refractivity (Wildman–Crippen MR) is 97.0 cm³/mol. The molecular formula is C18H19N5O2. The van der Waals surface area contributed by atoms with Crippen molar-refractivity contribution in [3.8, 4) is 11.3 Å². The van der Waals surface area contributed by atoms with Gasteiger partial charge in [-0.2, -0.15) is 0 Å². The molecule has 25 heavy (non-hydrogen) atoms. The molecule has 7 heteroatoms. The number of anilines is 1. The van der Waals surface area contributed by atoms with Crippen LogP contribution in [0, 0.1) is 10.1 Å². The Labute approximate surface area is 145 Å². The lowest BCUT2D eigenvalue weighted by atomic mass is 10.1. The molecule has 1 fully saturated rings. The molecule has 128 valence electrons. The van der Waals surface area contributed by atoms with Crippen LogP contribution in [-0.2, 0) is 0 Å². The van der Waals surface area contributed by atoms with Crippen molar-refractivity contribution in [1.29, 1.82) is 0 Å². The van der Waals surface area contributed by atoms with E-state index in [0.717, 1.165) is 43.1 Å². The van der Waals surface area contributed by atoms with Crippen molar-refractivity contribution in [3.05, 3.63) is 58.9 Å². The first-order valence-corrected chi connectivity index (χ1v) is 8.27. The average Bonchev–Trinajstić information content (AvgIpc) is 3.05. The Balaban J connectivity index is 1.65. The van der Waals surface area contributed by atoms with E-state index in [-0.39, 0.29) is 10.6 Å². The number of nitrogens with zero attached hydrogens (tertiary/aromatic N) is 5. The third-order valence-corrected chi connectivity index (χ3v) is 4.74. The molecule has 0 bridgehead atoms. The highest BCUT2D eigenvalue weighted by molar-refractivity contribution is 5.67. The highest BCUT2D eigenvalue weighted by atomic mass is 16.6. The van der Waals surface area contributed by atoms with E-state index in [1.54, 1.807) is 12.1 Å². The Hall–Kier alpha value is -2.93. The van der Waals surface area contributed by atoms with Crippen LogP contribution in [0.2, 0.25) is 0 Å². The Morgan fingerprint density at radius 3 is 2.48 bits per heavy atom. The minimum atomic E-state index is -0.388. The summed E-state index contributed by atoms with van der Waals surface area (Å²) in [4.78, 5) is 19.6. The SMILES string of the molecule is CN1CCN(c2ccn3c(-c4ccc([N+](=O)[O-])cc4)cnc3c2)CC1. The Morgan fingerprint density at radius 1 is 1.08 bits per heavy atom. The predicted octanol–water partition coefficient (Wildman–Crippen LogP) is 2.66. The molecular weight excluding hydrogens is 318 g/mol. The summed E-state index contributed by atoms with van der Waals surface area (Å²) in [5.74, 6) is 0. The Morgan fingerprint density at radius 2 is 1.80 bits per heavy atom. The van der Waals surface area contributed by atoms with Crippen LogP contribution in [0.15, 0.2) is 48.8 Å². The molecule has 0 spiro atoms. The maximum absolute atomic E-state index is 10.8. The van der Waals surface area contributed by atoms with E-state index in [0.29, 0.717) is 0 Å². The summed E-state index contributed by atoms with van der Waals surface area (Å²) >= 11 is 0. The van der Waals surface area contributed by atoms with Gasteiger partial charge >= 0.3 is 0 Å². The Bertz CT molecular complexity index is 911. The normalized spacial score (nSPS) is 15.6. The van der Waals surface area contributed by atoms with Gasteiger partial charge in [0.05, 0.1) is 16.8 Å². The summed E-state index contributed by atoms with van der Waals surface area (Å²) in [6.45, 7) is 4.16. The second-order valence-electron chi connectivity index (χ2n) is 6.35. The van der Waals surface area contributed by atoms with Crippen LogP contribution in [0.1, 0.15) is 0 Å². The maximum Gasteiger partial charge on any atom is 0.269 e. The number of nitro groups is 1. The molecule has 1 aliphatic heterocycles. The summed E-state index contributed by atoms with van der Waals surface area (Å²) in [5, 5.41) is 10.8. The fourth-order valence-corrected chi connectivity index (χ4v) is 3.20. The quantitative estimate of drug-likeness (QED) is 0.543. The van der Waals surface area contributed by atoms with E-state index in [9.17, 15) is 10.1 Å². The first kappa shape index (κ1) is 15.6. The van der Waals surface area contributed by atoms with Gasteiger partial charge < -0.3 is 9.80 Å². The van der Waals surface area contributed by atoms with E-state index < -0.39 is 0 Å². The highest BCUT2D eigenvalue weighted by Gasteiger charge is 2.15. The molecule has 2 aromatic heterocycles. The van der Waals surface area contributed by atoms with Crippen molar-refractivity contribution in [1.82, 2.24) is 14.3 Å². The van der Waals surface area contributed by atoms with Crippen LogP contribution in [0.4, 0.5) is 11.4 Å². The number of non-ortho nitro benzene ring substituents is 1. The van der Waals surface area contributed by atoms with Gasteiger partial charge in [0.2, 0.25) is 0 Å². The van der Waals surface area contributed by atoms with E-state index >= 15 is 0 Å². The average molecular weight is 337 g/mol. The molecule has 0 saturated carbocycles. The molecule has 1 aromatic carbocycles. The van der Waals surface area contributed by atoms with Gasteiger partial charge in [0, 0.05) is 61.8 Å². The van der Waals surface area contributed by atoms with Crippen molar-refractivity contribution < 1.29 is 4.92 Å². The van der Waals surface area contributed by atoms with E-state index in [1.165, 1.54) is 17.8 Å². The number of piperazine rings is 1. The molecule has 0 unspecified atom stereocenters. The van der Waals surface area contributed by atoms with Gasteiger partial charge in [-0.15, -0.1) is 0 Å². The monoisotopic (exact) mass is 337 g/mol. The van der Waals surface area contributed by atoms with Gasteiger partial charge in [-0.05, 0) is 25.2 Å². The van der Waals surface area contributed by atoms with Crippen molar-refractivity contribution in [2.75, 3.05) is 38.1 Å². The van der Waals surface area contributed by atoms with Crippen LogP contribution < -0.4 is 4.90 Å². The molecule has 0 atom stereocenters. The lowest BCUT2D eigenvalue weighted by molar-refractivity contribution is -0.384. The van der Waals surface area contributed by atoms with Gasteiger partial charge in [-0.3, -0.25) is 14.5 Å². The van der Waals surface area contributed by atoms with E-state index in [2.05, 4.69) is 34.0 Å². The summed E-state index contributed by atoms with van der Waals surface area (Å²) in [7, 11) is 2.14. The van der Waals surface area contributed by atoms with Crippen molar-refractivity contribution in [3.63, 3.8) is 0 Å². The summed E-state index contributed by atoms with van der Waals surface area (Å²) in [6, 6.07) is 10.8. The molecule has 1 saturated heterocycles. The number of imidazole rings is 1. The molecule has 3 heterocycles. The third kappa shape index (κ3) is 2.94. The zero-order chi connectivity index (χ0) is 17.4. The third-order valence-electron chi connectivity index (χ3n) is 4.74. The fraction of sp³-hybridized carbons (Fsp3) is 0.278. The molecule has 0 radical (unpaired) electrons. The fourth-order valence-electron chi connectivity index (χ4n) is 3.20. The zero-order valence-corrected chi connectivity index (χ0v) is 14.0. The number of nitro benzene ring substituents is 1. The van der Waals surface area contributed by atoms with Crippen molar-refractivity contribution >= 4 is 17.0 Å². The second kappa shape index (κ2) is 6.18. The zero-order valence-electron chi connectivity index (χ0n) is 14.0. The number of rotatable bonds is 3. The van der Waals surface area contributed by atoms with E-state index in [1.807, 2.05) is 16.8 Å². The first-order valence-electron chi connectivity index (χ1n) is 8.27. The first-order chi connectivity index (χ1) is 12.1. The topological polar surface area (TPSA) is 66.9 Å². The number of hydrogen-bond donors (Lipinski definition) is 0. The van der Waals surface area contributed by atoms with Crippen LogP contribution in [0.3, 0.4) is 0 Å². The largest absolute Gasteiger partial charge is 0.369 e. The van der Waals surface area contributed by atoms with Crippen LogP contribution in [0.25, 0.3) is 16.9 Å². The molecule has 7 nitrogen and oxygen atoms in total. The molecule has 0 amide bonds. The maximum atomic E-state index is 10.8. The molecule has 1 aliphatic rings. The van der Waals surface area contributed by atoms with E-state index in [4.69, 9.17) is 0 Å². The summed E-state index contributed by atoms with van der Waals surface area (Å²) < 4.78 is 2.01. The molecule has 0 aliphatic carbocycles. The number of benzene rings is 1. The number of hydrogen-bond acceptors (Lipinski definition) is 5. The van der Waals surface area contributed by atoms with Crippen LogP contribution in [0.5, 0.6) is 0 Å². The van der Waals surface area contributed by atoms with Gasteiger partial charge in [0.25, 0.3) is 5.69 Å². The van der Waals surface area contributed by atoms with Crippen LogP contribution in [-0.4, -0.2) is 52.4 Å². The molecule has 4 rings (SSSR count). The second-order valence-corrected chi connectivity index (χ2v) is 6.35. The summed E-state index contributed by atoms with van der Waals surface area (Å²) in [5.41, 5.74) is 3.99. The summed E-state index contributed by atoms with van der Waals surface area (Å²) in [6.07, 6.45) is 3.83. The van der Waals surface area contributed by atoms with Crippen molar-refractivity contribution in [2.45, 2.75) is 0 Å². The molecule has 3 aromatic rings. The minimum Gasteiger partial charge on any atom is -0.369 e.